The Labute approximate surface area is 106 Å². The lowest BCUT2D eigenvalue weighted by Crippen LogP contribution is -2.38. The van der Waals surface area contributed by atoms with E-state index in [-0.39, 0.29) is 12.1 Å². The molecule has 0 unspecified atom stereocenters. The van der Waals surface area contributed by atoms with Crippen molar-refractivity contribution in [3.8, 4) is 0 Å². The molecule has 1 aliphatic rings. The molecule has 2 aromatic carbocycles. The third-order valence-corrected chi connectivity index (χ3v) is 3.16. The summed E-state index contributed by atoms with van der Waals surface area (Å²) in [5, 5.41) is 6.29. The highest BCUT2D eigenvalue weighted by Gasteiger charge is 2.23. The van der Waals surface area contributed by atoms with E-state index in [1.165, 1.54) is 5.56 Å². The van der Waals surface area contributed by atoms with Gasteiger partial charge >= 0.3 is 0 Å². The first-order valence-corrected chi connectivity index (χ1v) is 5.97. The van der Waals surface area contributed by atoms with E-state index in [0.717, 1.165) is 11.3 Å². The van der Waals surface area contributed by atoms with Crippen LogP contribution in [0.15, 0.2) is 48.5 Å². The maximum atomic E-state index is 12.0. The molecule has 90 valence electrons. The molecule has 0 aliphatic carbocycles. The molecule has 0 spiro atoms. The van der Waals surface area contributed by atoms with Crippen molar-refractivity contribution >= 4 is 11.6 Å². The van der Waals surface area contributed by atoms with Crippen LogP contribution in [0, 0.1) is 6.92 Å². The summed E-state index contributed by atoms with van der Waals surface area (Å²) in [5.41, 5.74) is 3.84. The number of rotatable bonds is 1. The fraction of sp³-hybridized carbons (Fsp3) is 0.133. The molecule has 0 saturated heterocycles. The molecular formula is C15H14N2O. The van der Waals surface area contributed by atoms with Crippen LogP contribution in [0.2, 0.25) is 0 Å². The maximum Gasteiger partial charge on any atom is 0.255 e. The maximum absolute atomic E-state index is 12.0. The highest BCUT2D eigenvalue weighted by Crippen LogP contribution is 2.26. The lowest BCUT2D eigenvalue weighted by atomic mass is 10.0. The van der Waals surface area contributed by atoms with E-state index >= 15 is 0 Å². The van der Waals surface area contributed by atoms with Gasteiger partial charge in [0, 0.05) is 5.69 Å². The summed E-state index contributed by atoms with van der Waals surface area (Å²) in [7, 11) is 0. The van der Waals surface area contributed by atoms with E-state index in [9.17, 15) is 4.79 Å². The fourth-order valence-electron chi connectivity index (χ4n) is 2.13. The monoisotopic (exact) mass is 238 g/mol. The minimum Gasteiger partial charge on any atom is -0.361 e. The summed E-state index contributed by atoms with van der Waals surface area (Å²) in [6.45, 7) is 2.05. The Kier molecular flexibility index (Phi) is 2.52. The number of para-hydroxylation sites is 1. The molecule has 0 fully saturated rings. The van der Waals surface area contributed by atoms with Gasteiger partial charge in [0.15, 0.2) is 0 Å². The SMILES string of the molecule is Cc1ccc([C@H]2NC(=O)c3ccccc3N2)cc1. The van der Waals surface area contributed by atoms with Crippen molar-refractivity contribution in [2.75, 3.05) is 5.32 Å². The zero-order valence-electron chi connectivity index (χ0n) is 10.1. The van der Waals surface area contributed by atoms with Crippen LogP contribution in [0.5, 0.6) is 0 Å². The molecule has 2 aromatic rings. The number of carbonyl (C=O) groups excluding carboxylic acids is 1. The first-order valence-electron chi connectivity index (χ1n) is 5.97. The Bertz CT molecular complexity index is 590. The Balaban J connectivity index is 1.94. The van der Waals surface area contributed by atoms with E-state index < -0.39 is 0 Å². The van der Waals surface area contributed by atoms with Gasteiger partial charge in [0.25, 0.3) is 5.91 Å². The quantitative estimate of drug-likeness (QED) is 0.802. The smallest absolute Gasteiger partial charge is 0.255 e. The summed E-state index contributed by atoms with van der Waals surface area (Å²) in [6.07, 6.45) is -0.159. The standard InChI is InChI=1S/C15H14N2O/c1-10-6-8-11(9-7-10)14-16-13-5-3-2-4-12(13)15(18)17-14/h2-9,14,16H,1H3,(H,17,18)/t14-/m1/s1. The van der Waals surface area contributed by atoms with Crippen LogP contribution in [-0.2, 0) is 0 Å². The Morgan fingerprint density at radius 3 is 2.44 bits per heavy atom. The fourth-order valence-corrected chi connectivity index (χ4v) is 2.13. The van der Waals surface area contributed by atoms with Crippen molar-refractivity contribution in [3.05, 3.63) is 65.2 Å². The van der Waals surface area contributed by atoms with Crippen molar-refractivity contribution in [1.29, 1.82) is 0 Å². The van der Waals surface area contributed by atoms with Gasteiger partial charge in [-0.2, -0.15) is 0 Å². The van der Waals surface area contributed by atoms with Gasteiger partial charge in [-0.15, -0.1) is 0 Å². The van der Waals surface area contributed by atoms with Crippen LogP contribution in [0.25, 0.3) is 0 Å². The van der Waals surface area contributed by atoms with E-state index in [4.69, 9.17) is 0 Å². The van der Waals surface area contributed by atoms with Crippen molar-refractivity contribution < 1.29 is 4.79 Å². The van der Waals surface area contributed by atoms with Crippen LogP contribution in [0.1, 0.15) is 27.7 Å². The van der Waals surface area contributed by atoms with Gasteiger partial charge in [0.1, 0.15) is 6.17 Å². The molecule has 1 atom stereocenters. The van der Waals surface area contributed by atoms with Gasteiger partial charge in [0.2, 0.25) is 0 Å². The van der Waals surface area contributed by atoms with Crippen LogP contribution >= 0.6 is 0 Å². The molecule has 2 N–H and O–H groups in total. The highest BCUT2D eigenvalue weighted by molar-refractivity contribution is 6.01. The molecule has 0 saturated carbocycles. The molecule has 1 amide bonds. The number of hydrogen-bond donors (Lipinski definition) is 2. The predicted octanol–water partition coefficient (Wildman–Crippen LogP) is 2.85. The van der Waals surface area contributed by atoms with Gasteiger partial charge in [0.05, 0.1) is 5.56 Å². The van der Waals surface area contributed by atoms with Crippen molar-refractivity contribution in [2.24, 2.45) is 0 Å². The third-order valence-electron chi connectivity index (χ3n) is 3.16. The molecule has 1 heterocycles. The van der Waals surface area contributed by atoms with Gasteiger partial charge < -0.3 is 10.6 Å². The Morgan fingerprint density at radius 2 is 1.67 bits per heavy atom. The molecule has 18 heavy (non-hydrogen) atoms. The topological polar surface area (TPSA) is 41.1 Å². The van der Waals surface area contributed by atoms with Crippen molar-refractivity contribution in [2.45, 2.75) is 13.1 Å². The normalized spacial score (nSPS) is 17.6. The lowest BCUT2D eigenvalue weighted by Gasteiger charge is -2.28. The number of benzene rings is 2. The minimum atomic E-state index is -0.159. The molecule has 1 aliphatic heterocycles. The second-order valence-electron chi connectivity index (χ2n) is 4.51. The molecule has 3 nitrogen and oxygen atoms in total. The molecule has 3 rings (SSSR count). The van der Waals surface area contributed by atoms with E-state index in [1.54, 1.807) is 0 Å². The molecular weight excluding hydrogens is 224 g/mol. The minimum absolute atomic E-state index is 0.0325. The summed E-state index contributed by atoms with van der Waals surface area (Å²) < 4.78 is 0. The number of anilines is 1. The highest BCUT2D eigenvalue weighted by atomic mass is 16.2. The summed E-state index contributed by atoms with van der Waals surface area (Å²) in [5.74, 6) is -0.0325. The van der Waals surface area contributed by atoms with Gasteiger partial charge in [-0.05, 0) is 24.6 Å². The average molecular weight is 238 g/mol. The average Bonchev–Trinajstić information content (AvgIpc) is 2.39. The summed E-state index contributed by atoms with van der Waals surface area (Å²) >= 11 is 0. The molecule has 0 radical (unpaired) electrons. The van der Waals surface area contributed by atoms with Crippen LogP contribution in [0.4, 0.5) is 5.69 Å². The second kappa shape index (κ2) is 4.18. The number of fused-ring (bicyclic) bond motifs is 1. The van der Waals surface area contributed by atoms with Crippen molar-refractivity contribution in [3.63, 3.8) is 0 Å². The van der Waals surface area contributed by atoms with Crippen LogP contribution < -0.4 is 10.6 Å². The van der Waals surface area contributed by atoms with Crippen LogP contribution in [0.3, 0.4) is 0 Å². The number of carbonyl (C=O) groups is 1. The number of hydrogen-bond acceptors (Lipinski definition) is 2. The van der Waals surface area contributed by atoms with E-state index in [2.05, 4.69) is 10.6 Å². The Morgan fingerprint density at radius 1 is 0.944 bits per heavy atom. The molecule has 0 bridgehead atoms. The first kappa shape index (κ1) is 10.8. The second-order valence-corrected chi connectivity index (χ2v) is 4.51. The van der Waals surface area contributed by atoms with E-state index in [0.29, 0.717) is 5.56 Å². The third kappa shape index (κ3) is 1.84. The zero-order valence-corrected chi connectivity index (χ0v) is 10.1. The van der Waals surface area contributed by atoms with Gasteiger partial charge in [-0.25, -0.2) is 0 Å². The molecule has 3 heteroatoms. The first-order chi connectivity index (χ1) is 8.74. The predicted molar refractivity (Wildman–Crippen MR) is 71.5 cm³/mol. The van der Waals surface area contributed by atoms with Crippen LogP contribution in [-0.4, -0.2) is 5.91 Å². The zero-order chi connectivity index (χ0) is 12.5. The number of amides is 1. The van der Waals surface area contributed by atoms with Gasteiger partial charge in [-0.1, -0.05) is 42.0 Å². The van der Waals surface area contributed by atoms with Gasteiger partial charge in [-0.3, -0.25) is 4.79 Å². The largest absolute Gasteiger partial charge is 0.361 e. The van der Waals surface area contributed by atoms with Crippen molar-refractivity contribution in [1.82, 2.24) is 5.32 Å². The summed E-state index contributed by atoms with van der Waals surface area (Å²) in [4.78, 5) is 12.0. The summed E-state index contributed by atoms with van der Waals surface area (Å²) in [6, 6.07) is 15.7. The number of nitrogens with one attached hydrogen (secondary N) is 2. The Hall–Kier alpha value is -2.29. The molecule has 0 aromatic heterocycles. The lowest BCUT2D eigenvalue weighted by molar-refractivity contribution is 0.0935. The number of aryl methyl sites for hydroxylation is 1. The van der Waals surface area contributed by atoms with E-state index in [1.807, 2.05) is 55.5 Å².